The highest BCUT2D eigenvalue weighted by atomic mass is 19.4. The second kappa shape index (κ2) is 7.19. The van der Waals surface area contributed by atoms with Crippen molar-refractivity contribution in [3.63, 3.8) is 0 Å². The molecule has 0 aromatic carbocycles. The molecule has 0 spiro atoms. The van der Waals surface area contributed by atoms with Crippen LogP contribution in [0.5, 0.6) is 0 Å². The fourth-order valence-corrected chi connectivity index (χ4v) is 1.64. The van der Waals surface area contributed by atoms with Crippen molar-refractivity contribution in [1.29, 1.82) is 0 Å². The SMILES string of the molecule is CC(C)(C)OC(=O)Nc1cc(C(CC(F)(F)F)N=[N+]=[N-])ccn1. The molecule has 1 heterocycles. The van der Waals surface area contributed by atoms with Gasteiger partial charge in [-0.1, -0.05) is 5.11 Å². The maximum absolute atomic E-state index is 12.5. The molecule has 1 aromatic rings. The minimum atomic E-state index is -4.50. The number of pyridine rings is 1. The van der Waals surface area contributed by atoms with E-state index < -0.39 is 30.3 Å². The Hall–Kier alpha value is -2.48. The van der Waals surface area contributed by atoms with Crippen LogP contribution in [0.15, 0.2) is 23.4 Å². The maximum Gasteiger partial charge on any atom is 0.413 e. The third-order valence-corrected chi connectivity index (χ3v) is 2.41. The molecule has 7 nitrogen and oxygen atoms in total. The van der Waals surface area contributed by atoms with Crippen molar-refractivity contribution in [3.05, 3.63) is 34.3 Å². The van der Waals surface area contributed by atoms with E-state index in [1.165, 1.54) is 18.3 Å². The summed E-state index contributed by atoms with van der Waals surface area (Å²) in [6.45, 7) is 4.99. The molecule has 23 heavy (non-hydrogen) atoms. The van der Waals surface area contributed by atoms with Crippen LogP contribution in [0.1, 0.15) is 38.8 Å². The van der Waals surface area contributed by atoms with Crippen molar-refractivity contribution >= 4 is 11.9 Å². The molecule has 0 saturated carbocycles. The number of ether oxygens (including phenoxy) is 1. The third-order valence-electron chi connectivity index (χ3n) is 2.41. The van der Waals surface area contributed by atoms with Gasteiger partial charge in [0.25, 0.3) is 0 Å². The van der Waals surface area contributed by atoms with Crippen LogP contribution in [-0.4, -0.2) is 22.9 Å². The Morgan fingerprint density at radius 2 is 2.13 bits per heavy atom. The summed E-state index contributed by atoms with van der Waals surface area (Å²) in [5, 5.41) is 5.46. The zero-order valence-electron chi connectivity index (χ0n) is 12.8. The largest absolute Gasteiger partial charge is 0.444 e. The van der Waals surface area contributed by atoms with Gasteiger partial charge in [-0.3, -0.25) is 5.32 Å². The molecule has 0 fully saturated rings. The molecule has 10 heteroatoms. The molecule has 0 radical (unpaired) electrons. The number of azide groups is 1. The van der Waals surface area contributed by atoms with Crippen LogP contribution in [0.4, 0.5) is 23.8 Å². The molecule has 1 N–H and O–H groups in total. The number of carbonyl (C=O) groups excluding carboxylic acids is 1. The topological polar surface area (TPSA) is 100.0 Å². The van der Waals surface area contributed by atoms with Crippen molar-refractivity contribution in [2.24, 2.45) is 5.11 Å². The van der Waals surface area contributed by atoms with Crippen molar-refractivity contribution in [1.82, 2.24) is 4.98 Å². The average molecular weight is 331 g/mol. The zero-order chi connectivity index (χ0) is 17.7. The lowest BCUT2D eigenvalue weighted by atomic mass is 10.1. The van der Waals surface area contributed by atoms with Crippen molar-refractivity contribution < 1.29 is 22.7 Å². The van der Waals surface area contributed by atoms with Crippen LogP contribution in [0.25, 0.3) is 10.4 Å². The van der Waals surface area contributed by atoms with Gasteiger partial charge in [-0.05, 0) is 44.0 Å². The summed E-state index contributed by atoms with van der Waals surface area (Å²) >= 11 is 0. The number of nitrogens with one attached hydrogen (secondary N) is 1. The van der Waals surface area contributed by atoms with E-state index in [0.29, 0.717) is 0 Å². The highest BCUT2D eigenvalue weighted by Gasteiger charge is 2.32. The first kappa shape index (κ1) is 18.6. The molecule has 1 amide bonds. The maximum atomic E-state index is 12.5. The van der Waals surface area contributed by atoms with Crippen LogP contribution in [0.2, 0.25) is 0 Å². The number of halogens is 3. The number of nitrogens with zero attached hydrogens (tertiary/aromatic N) is 4. The fraction of sp³-hybridized carbons (Fsp3) is 0.538. The lowest BCUT2D eigenvalue weighted by molar-refractivity contribution is -0.138. The van der Waals surface area contributed by atoms with Crippen molar-refractivity contribution in [2.75, 3.05) is 5.32 Å². The Kier molecular flexibility index (Phi) is 5.80. The van der Waals surface area contributed by atoms with E-state index in [9.17, 15) is 18.0 Å². The van der Waals surface area contributed by atoms with Gasteiger partial charge in [0.2, 0.25) is 0 Å². The van der Waals surface area contributed by atoms with E-state index in [4.69, 9.17) is 10.3 Å². The standard InChI is InChI=1S/C13H16F3N5O2/c1-12(2,3)23-11(22)19-10-6-8(4-5-18-10)9(20-21-17)7-13(14,15)16/h4-6,9H,7H2,1-3H3,(H,18,19,22). The molecule has 0 saturated heterocycles. The second-order valence-electron chi connectivity index (χ2n) is 5.64. The Morgan fingerprint density at radius 1 is 1.48 bits per heavy atom. The molecule has 0 bridgehead atoms. The lowest BCUT2D eigenvalue weighted by Gasteiger charge is -2.20. The highest BCUT2D eigenvalue weighted by molar-refractivity contribution is 5.83. The van der Waals surface area contributed by atoms with E-state index in [1.807, 2.05) is 0 Å². The second-order valence-corrected chi connectivity index (χ2v) is 5.64. The summed E-state index contributed by atoms with van der Waals surface area (Å²) in [6.07, 6.45) is -5.40. The number of anilines is 1. The quantitative estimate of drug-likeness (QED) is 0.490. The molecular formula is C13H16F3N5O2. The van der Waals surface area contributed by atoms with Gasteiger partial charge in [0.1, 0.15) is 11.4 Å². The Bertz CT molecular complexity index is 606. The number of hydrogen-bond acceptors (Lipinski definition) is 4. The summed E-state index contributed by atoms with van der Waals surface area (Å²) in [4.78, 5) is 17.9. The normalized spacial score (nSPS) is 13.0. The van der Waals surface area contributed by atoms with Crippen LogP contribution in [0, 0.1) is 0 Å². The molecule has 0 aliphatic carbocycles. The lowest BCUT2D eigenvalue weighted by Crippen LogP contribution is -2.27. The number of alkyl halides is 3. The van der Waals surface area contributed by atoms with Gasteiger partial charge in [0.15, 0.2) is 0 Å². The molecule has 1 unspecified atom stereocenters. The number of aromatic nitrogens is 1. The number of amides is 1. The molecule has 0 aliphatic rings. The number of hydrogen-bond donors (Lipinski definition) is 1. The minimum absolute atomic E-state index is 0.00272. The van der Waals surface area contributed by atoms with Gasteiger partial charge in [-0.25, -0.2) is 9.78 Å². The van der Waals surface area contributed by atoms with E-state index >= 15 is 0 Å². The molecule has 1 atom stereocenters. The molecule has 126 valence electrons. The number of carbonyl (C=O) groups is 1. The minimum Gasteiger partial charge on any atom is -0.444 e. The summed E-state index contributed by atoms with van der Waals surface area (Å²) in [5.74, 6) is -0.00272. The molecule has 1 rings (SSSR count). The van der Waals surface area contributed by atoms with E-state index in [0.717, 1.165) is 0 Å². The Labute approximate surface area is 130 Å². The van der Waals surface area contributed by atoms with Gasteiger partial charge in [-0.15, -0.1) is 0 Å². The first-order chi connectivity index (χ1) is 10.5. The third kappa shape index (κ3) is 7.37. The summed E-state index contributed by atoms with van der Waals surface area (Å²) in [5.41, 5.74) is 7.78. The van der Waals surface area contributed by atoms with E-state index in [2.05, 4.69) is 20.3 Å². The van der Waals surface area contributed by atoms with Crippen LogP contribution < -0.4 is 5.32 Å². The van der Waals surface area contributed by atoms with Crippen LogP contribution >= 0.6 is 0 Å². The highest BCUT2D eigenvalue weighted by Crippen LogP contribution is 2.32. The molecule has 0 aliphatic heterocycles. The predicted octanol–water partition coefficient (Wildman–Crippen LogP) is 4.73. The smallest absolute Gasteiger partial charge is 0.413 e. The monoisotopic (exact) mass is 331 g/mol. The molecular weight excluding hydrogens is 315 g/mol. The van der Waals surface area contributed by atoms with Gasteiger partial charge >= 0.3 is 12.3 Å². The van der Waals surface area contributed by atoms with E-state index in [1.54, 1.807) is 20.8 Å². The van der Waals surface area contributed by atoms with Gasteiger partial charge in [0.05, 0.1) is 12.5 Å². The van der Waals surface area contributed by atoms with Crippen molar-refractivity contribution in [3.8, 4) is 0 Å². The number of rotatable bonds is 4. The summed E-state index contributed by atoms with van der Waals surface area (Å²) < 4.78 is 42.6. The van der Waals surface area contributed by atoms with Crippen LogP contribution in [0.3, 0.4) is 0 Å². The Balaban J connectivity index is 2.93. The van der Waals surface area contributed by atoms with Crippen LogP contribution in [-0.2, 0) is 4.74 Å². The van der Waals surface area contributed by atoms with E-state index in [-0.39, 0.29) is 11.4 Å². The predicted molar refractivity (Wildman–Crippen MR) is 76.7 cm³/mol. The Morgan fingerprint density at radius 3 is 2.65 bits per heavy atom. The van der Waals surface area contributed by atoms with Crippen molar-refractivity contribution in [2.45, 2.75) is 45.0 Å². The fourth-order valence-electron chi connectivity index (χ4n) is 1.64. The molecule has 1 aromatic heterocycles. The first-order valence-electron chi connectivity index (χ1n) is 6.57. The summed E-state index contributed by atoms with van der Waals surface area (Å²) in [7, 11) is 0. The first-order valence-corrected chi connectivity index (χ1v) is 6.57. The zero-order valence-corrected chi connectivity index (χ0v) is 12.8. The average Bonchev–Trinajstić information content (AvgIpc) is 2.34. The van der Waals surface area contributed by atoms with Gasteiger partial charge < -0.3 is 4.74 Å². The summed E-state index contributed by atoms with van der Waals surface area (Å²) in [6, 6.07) is 1.04. The van der Waals surface area contributed by atoms with Gasteiger partial charge in [-0.2, -0.15) is 13.2 Å². The van der Waals surface area contributed by atoms with Gasteiger partial charge in [0, 0.05) is 11.1 Å².